The third-order valence-electron chi connectivity index (χ3n) is 1.18. The molecule has 0 heterocycles. The van der Waals surface area contributed by atoms with Crippen LogP contribution in [0.15, 0.2) is 0 Å². The molecule has 1 atom stereocenters. The van der Waals surface area contributed by atoms with Crippen molar-refractivity contribution in [3.05, 3.63) is 0 Å². The minimum atomic E-state index is -4.23. The lowest BCUT2D eigenvalue weighted by Crippen LogP contribution is -2.25. The summed E-state index contributed by atoms with van der Waals surface area (Å²) >= 11 is 0. The lowest BCUT2D eigenvalue weighted by molar-refractivity contribution is -0.184. The average Bonchev–Trinajstić information content (AvgIpc) is 1.65. The smallest absolute Gasteiger partial charge is 0.393 e. The zero-order valence-electron chi connectivity index (χ0n) is 5.07. The van der Waals surface area contributed by atoms with Crippen molar-refractivity contribution in [1.29, 1.82) is 0 Å². The number of aliphatic hydroxyl groups is 1. The number of rotatable bonds is 2. The van der Waals surface area contributed by atoms with Gasteiger partial charge in [0.25, 0.3) is 0 Å². The van der Waals surface area contributed by atoms with Crippen molar-refractivity contribution in [3.63, 3.8) is 0 Å². The molecule has 0 rings (SSSR count). The van der Waals surface area contributed by atoms with Gasteiger partial charge in [0.05, 0.1) is 12.5 Å². The molecule has 0 aromatic rings. The number of hydrogen-bond donors (Lipinski definition) is 1. The highest BCUT2D eigenvalue weighted by Gasteiger charge is 2.37. The highest BCUT2D eigenvalue weighted by Crippen LogP contribution is 2.27. The largest absolute Gasteiger partial charge is 0.396 e. The van der Waals surface area contributed by atoms with E-state index in [-0.39, 0.29) is 6.42 Å². The van der Waals surface area contributed by atoms with Crippen molar-refractivity contribution in [3.8, 4) is 0 Å². The Labute approximate surface area is 51.5 Å². The Bertz CT molecular complexity index is 74.8. The van der Waals surface area contributed by atoms with Crippen molar-refractivity contribution < 1.29 is 18.3 Å². The van der Waals surface area contributed by atoms with Crippen LogP contribution in [-0.4, -0.2) is 17.9 Å². The van der Waals surface area contributed by atoms with Gasteiger partial charge in [0, 0.05) is 0 Å². The minimum Gasteiger partial charge on any atom is -0.396 e. The molecule has 0 saturated heterocycles. The number of halogens is 3. The summed E-state index contributed by atoms with van der Waals surface area (Å²) in [6.07, 6.45) is -4.29. The van der Waals surface area contributed by atoms with Crippen molar-refractivity contribution in [2.75, 3.05) is 6.61 Å². The third-order valence-corrected chi connectivity index (χ3v) is 1.18. The maximum absolute atomic E-state index is 11.6. The fourth-order valence-corrected chi connectivity index (χ4v) is 0.464. The van der Waals surface area contributed by atoms with Gasteiger partial charge in [0.1, 0.15) is 0 Å². The predicted molar refractivity (Wildman–Crippen MR) is 26.9 cm³/mol. The van der Waals surface area contributed by atoms with Gasteiger partial charge in [0.15, 0.2) is 0 Å². The molecule has 0 saturated carbocycles. The van der Waals surface area contributed by atoms with Crippen molar-refractivity contribution >= 4 is 0 Å². The molecule has 0 bridgehead atoms. The first kappa shape index (κ1) is 8.75. The van der Waals surface area contributed by atoms with Gasteiger partial charge in [0.2, 0.25) is 0 Å². The summed E-state index contributed by atoms with van der Waals surface area (Å²) in [5.74, 6) is -1.54. The number of aliphatic hydroxyl groups excluding tert-OH is 1. The monoisotopic (exact) mass is 142 g/mol. The zero-order valence-corrected chi connectivity index (χ0v) is 5.07. The molecule has 1 N–H and O–H groups in total. The van der Waals surface area contributed by atoms with Crippen LogP contribution < -0.4 is 0 Å². The summed E-state index contributed by atoms with van der Waals surface area (Å²) in [6, 6.07) is 0. The van der Waals surface area contributed by atoms with E-state index in [1.54, 1.807) is 0 Å². The second-order valence-electron chi connectivity index (χ2n) is 1.83. The summed E-state index contributed by atoms with van der Waals surface area (Å²) < 4.78 is 34.7. The fourth-order valence-electron chi connectivity index (χ4n) is 0.464. The summed E-state index contributed by atoms with van der Waals surface area (Å²) in [7, 11) is 0. The number of hydrogen-bond acceptors (Lipinski definition) is 1. The van der Waals surface area contributed by atoms with Gasteiger partial charge in [-0.1, -0.05) is 6.92 Å². The molecule has 0 aromatic carbocycles. The maximum Gasteiger partial charge on any atom is 0.393 e. The first-order valence-corrected chi connectivity index (χ1v) is 2.70. The molecular weight excluding hydrogens is 133 g/mol. The molecule has 0 aliphatic heterocycles. The topological polar surface area (TPSA) is 20.2 Å². The van der Waals surface area contributed by atoms with Crippen LogP contribution in [0.5, 0.6) is 0 Å². The average molecular weight is 142 g/mol. The van der Waals surface area contributed by atoms with Crippen LogP contribution in [0, 0.1) is 5.92 Å². The second-order valence-corrected chi connectivity index (χ2v) is 1.83. The second kappa shape index (κ2) is 3.06. The quantitative estimate of drug-likeness (QED) is 0.620. The van der Waals surface area contributed by atoms with E-state index in [1.807, 2.05) is 0 Å². The molecule has 56 valence electrons. The highest BCUT2D eigenvalue weighted by molar-refractivity contribution is 4.63. The van der Waals surface area contributed by atoms with Crippen molar-refractivity contribution in [1.82, 2.24) is 0 Å². The van der Waals surface area contributed by atoms with Crippen LogP contribution in [0.2, 0.25) is 0 Å². The molecule has 0 spiro atoms. The van der Waals surface area contributed by atoms with E-state index in [9.17, 15) is 13.2 Å². The Hall–Kier alpha value is -0.250. The Morgan fingerprint density at radius 3 is 1.89 bits per heavy atom. The summed E-state index contributed by atoms with van der Waals surface area (Å²) in [6.45, 7) is 0.592. The van der Waals surface area contributed by atoms with E-state index >= 15 is 0 Å². The first-order chi connectivity index (χ1) is 4.02. The van der Waals surface area contributed by atoms with Crippen LogP contribution >= 0.6 is 0 Å². The molecule has 0 unspecified atom stereocenters. The summed E-state index contributed by atoms with van der Waals surface area (Å²) in [5, 5.41) is 8.14. The van der Waals surface area contributed by atoms with Crippen LogP contribution in [-0.2, 0) is 0 Å². The molecule has 0 radical (unpaired) electrons. The molecule has 0 aliphatic carbocycles. The van der Waals surface area contributed by atoms with Gasteiger partial charge in [-0.05, 0) is 6.42 Å². The Morgan fingerprint density at radius 1 is 1.44 bits per heavy atom. The van der Waals surface area contributed by atoms with E-state index in [0.717, 1.165) is 0 Å². The zero-order chi connectivity index (χ0) is 7.49. The Kier molecular flexibility index (Phi) is 2.97. The molecule has 0 fully saturated rings. The summed E-state index contributed by atoms with van der Waals surface area (Å²) in [5.41, 5.74) is 0. The maximum atomic E-state index is 11.6. The molecule has 9 heavy (non-hydrogen) atoms. The van der Waals surface area contributed by atoms with Crippen LogP contribution in [0.25, 0.3) is 0 Å². The SMILES string of the molecule is CC[C@@H](CO)C(F)(F)F. The van der Waals surface area contributed by atoms with Crippen LogP contribution in [0.1, 0.15) is 13.3 Å². The van der Waals surface area contributed by atoms with Crippen molar-refractivity contribution in [2.45, 2.75) is 19.5 Å². The van der Waals surface area contributed by atoms with E-state index in [4.69, 9.17) is 5.11 Å². The van der Waals surface area contributed by atoms with E-state index < -0.39 is 18.7 Å². The molecule has 4 heteroatoms. The van der Waals surface area contributed by atoms with Crippen LogP contribution in [0.3, 0.4) is 0 Å². The first-order valence-electron chi connectivity index (χ1n) is 2.70. The number of alkyl halides is 3. The fraction of sp³-hybridized carbons (Fsp3) is 1.00. The normalized spacial score (nSPS) is 15.7. The molecule has 0 amide bonds. The molecule has 1 nitrogen and oxygen atoms in total. The van der Waals surface area contributed by atoms with Gasteiger partial charge in [-0.2, -0.15) is 13.2 Å². The highest BCUT2D eigenvalue weighted by atomic mass is 19.4. The van der Waals surface area contributed by atoms with Gasteiger partial charge in [-0.15, -0.1) is 0 Å². The standard InChI is InChI=1S/C5H9F3O/c1-2-4(3-9)5(6,7)8/h4,9H,2-3H2,1H3/t4-/m0/s1. The van der Waals surface area contributed by atoms with Crippen LogP contribution in [0.4, 0.5) is 13.2 Å². The van der Waals surface area contributed by atoms with E-state index in [2.05, 4.69) is 0 Å². The van der Waals surface area contributed by atoms with E-state index in [0.29, 0.717) is 0 Å². The minimum absolute atomic E-state index is 0.0556. The predicted octanol–water partition coefficient (Wildman–Crippen LogP) is 1.57. The molecule has 0 aromatic heterocycles. The van der Waals surface area contributed by atoms with Crippen molar-refractivity contribution in [2.24, 2.45) is 5.92 Å². The Balaban J connectivity index is 3.79. The Morgan fingerprint density at radius 2 is 1.89 bits per heavy atom. The van der Waals surface area contributed by atoms with E-state index in [1.165, 1.54) is 6.92 Å². The lowest BCUT2D eigenvalue weighted by atomic mass is 10.1. The van der Waals surface area contributed by atoms with Gasteiger partial charge >= 0.3 is 6.18 Å². The third kappa shape index (κ3) is 2.70. The molecular formula is C5H9F3O. The van der Waals surface area contributed by atoms with Gasteiger partial charge < -0.3 is 5.11 Å². The van der Waals surface area contributed by atoms with Gasteiger partial charge in [-0.25, -0.2) is 0 Å². The van der Waals surface area contributed by atoms with Gasteiger partial charge in [-0.3, -0.25) is 0 Å². The lowest BCUT2D eigenvalue weighted by Gasteiger charge is -2.14. The molecule has 0 aliphatic rings. The summed E-state index contributed by atoms with van der Waals surface area (Å²) in [4.78, 5) is 0.